The van der Waals surface area contributed by atoms with Crippen LogP contribution in [0.25, 0.3) is 0 Å². The zero-order valence-electron chi connectivity index (χ0n) is 10.9. The number of piperidine rings is 1. The smallest absolute Gasteiger partial charge is 0.239 e. The van der Waals surface area contributed by atoms with Gasteiger partial charge in [0.25, 0.3) is 0 Å². The summed E-state index contributed by atoms with van der Waals surface area (Å²) in [6.45, 7) is 7.45. The zero-order chi connectivity index (χ0) is 12.9. The molecule has 0 saturated carbocycles. The van der Waals surface area contributed by atoms with Crippen LogP contribution in [0.5, 0.6) is 0 Å². The Kier molecular flexibility index (Phi) is 4.93. The minimum absolute atomic E-state index is 0.0383. The van der Waals surface area contributed by atoms with Gasteiger partial charge in [0.05, 0.1) is 12.0 Å². The van der Waals surface area contributed by atoms with Crippen LogP contribution in [0.3, 0.4) is 0 Å². The van der Waals surface area contributed by atoms with Gasteiger partial charge in [-0.1, -0.05) is 0 Å². The highest BCUT2D eigenvalue weighted by atomic mass is 16.2. The van der Waals surface area contributed by atoms with E-state index in [0.29, 0.717) is 6.54 Å². The molecule has 2 amide bonds. The molecule has 1 atom stereocenters. The maximum atomic E-state index is 12.0. The minimum atomic E-state index is -0.379. The van der Waals surface area contributed by atoms with Crippen molar-refractivity contribution in [3.05, 3.63) is 0 Å². The molecule has 0 aromatic heterocycles. The first kappa shape index (κ1) is 14.0. The lowest BCUT2D eigenvalue weighted by molar-refractivity contribution is -0.133. The molecule has 5 nitrogen and oxygen atoms in total. The topological polar surface area (TPSA) is 70.2 Å². The maximum absolute atomic E-state index is 12.0. The van der Waals surface area contributed by atoms with E-state index in [-0.39, 0.29) is 29.8 Å². The van der Waals surface area contributed by atoms with Gasteiger partial charge in [0.2, 0.25) is 11.8 Å². The van der Waals surface area contributed by atoms with E-state index in [2.05, 4.69) is 16.0 Å². The third-order valence-electron chi connectivity index (χ3n) is 3.00. The normalized spacial score (nSPS) is 24.5. The van der Waals surface area contributed by atoms with Crippen LogP contribution in [-0.2, 0) is 9.59 Å². The Labute approximate surface area is 103 Å². The summed E-state index contributed by atoms with van der Waals surface area (Å²) in [6.07, 6.45) is 1.87. The molecule has 0 bridgehead atoms. The summed E-state index contributed by atoms with van der Waals surface area (Å²) < 4.78 is 0. The lowest BCUT2D eigenvalue weighted by atomic mass is 9.82. The lowest BCUT2D eigenvalue weighted by Crippen LogP contribution is -2.50. The van der Waals surface area contributed by atoms with Crippen molar-refractivity contribution < 1.29 is 9.59 Å². The Bertz CT molecular complexity index is 283. The quantitative estimate of drug-likeness (QED) is 0.650. The number of amides is 2. The Hall–Kier alpha value is -1.10. The van der Waals surface area contributed by atoms with Crippen molar-refractivity contribution in [2.45, 2.75) is 39.7 Å². The van der Waals surface area contributed by atoms with Gasteiger partial charge in [-0.15, -0.1) is 0 Å². The molecule has 0 aromatic carbocycles. The van der Waals surface area contributed by atoms with Crippen LogP contribution in [-0.4, -0.2) is 37.5 Å². The van der Waals surface area contributed by atoms with Crippen LogP contribution >= 0.6 is 0 Å². The molecule has 17 heavy (non-hydrogen) atoms. The molecule has 1 fully saturated rings. The summed E-state index contributed by atoms with van der Waals surface area (Å²) >= 11 is 0. The summed E-state index contributed by atoms with van der Waals surface area (Å²) in [5, 5.41) is 8.67. The minimum Gasteiger partial charge on any atom is -0.352 e. The third-order valence-corrected chi connectivity index (χ3v) is 3.00. The Morgan fingerprint density at radius 2 is 2.12 bits per heavy atom. The van der Waals surface area contributed by atoms with Crippen molar-refractivity contribution in [1.82, 2.24) is 16.0 Å². The van der Waals surface area contributed by atoms with Gasteiger partial charge in [0.15, 0.2) is 0 Å². The van der Waals surface area contributed by atoms with E-state index < -0.39 is 0 Å². The summed E-state index contributed by atoms with van der Waals surface area (Å²) in [7, 11) is 0. The lowest BCUT2D eigenvalue weighted by Gasteiger charge is -2.32. The second-order valence-corrected chi connectivity index (χ2v) is 5.25. The molecule has 1 rings (SSSR count). The Balaban J connectivity index is 2.35. The monoisotopic (exact) mass is 241 g/mol. The number of carbonyl (C=O) groups excluding carboxylic acids is 2. The molecular weight excluding hydrogens is 218 g/mol. The van der Waals surface area contributed by atoms with Gasteiger partial charge in [-0.25, -0.2) is 0 Å². The number of nitrogens with one attached hydrogen (secondary N) is 3. The molecule has 1 saturated heterocycles. The van der Waals surface area contributed by atoms with Crippen molar-refractivity contribution in [2.24, 2.45) is 5.41 Å². The summed E-state index contributed by atoms with van der Waals surface area (Å²) in [5.74, 6) is -0.177. The number of hydrogen-bond donors (Lipinski definition) is 3. The number of carbonyl (C=O) groups is 2. The Morgan fingerprint density at radius 1 is 1.41 bits per heavy atom. The van der Waals surface area contributed by atoms with E-state index in [9.17, 15) is 9.59 Å². The van der Waals surface area contributed by atoms with Gasteiger partial charge in [0, 0.05) is 12.6 Å². The van der Waals surface area contributed by atoms with Gasteiger partial charge >= 0.3 is 0 Å². The predicted octanol–water partition coefficient (Wildman–Crippen LogP) is 0.0169. The van der Waals surface area contributed by atoms with E-state index in [1.165, 1.54) is 0 Å². The molecule has 0 radical (unpaired) electrons. The highest BCUT2D eigenvalue weighted by Crippen LogP contribution is 2.25. The van der Waals surface area contributed by atoms with Gasteiger partial charge in [-0.2, -0.15) is 0 Å². The first-order valence-corrected chi connectivity index (χ1v) is 6.22. The second-order valence-electron chi connectivity index (χ2n) is 5.25. The van der Waals surface area contributed by atoms with Crippen LogP contribution in [0, 0.1) is 5.41 Å². The largest absolute Gasteiger partial charge is 0.352 e. The Morgan fingerprint density at radius 3 is 2.65 bits per heavy atom. The highest BCUT2D eigenvalue weighted by Gasteiger charge is 2.34. The number of rotatable bonds is 4. The summed E-state index contributed by atoms with van der Waals surface area (Å²) in [5.41, 5.74) is -0.379. The van der Waals surface area contributed by atoms with Gasteiger partial charge < -0.3 is 16.0 Å². The fourth-order valence-electron chi connectivity index (χ4n) is 2.00. The SMILES string of the molecule is CC(C)NC(=O)CNC(=O)C1(C)CCCNC1. The zero-order valence-corrected chi connectivity index (χ0v) is 10.9. The van der Waals surface area contributed by atoms with E-state index in [1.54, 1.807) is 0 Å². The average molecular weight is 241 g/mol. The molecule has 3 N–H and O–H groups in total. The molecule has 1 aliphatic rings. The molecule has 1 aliphatic heterocycles. The molecule has 0 spiro atoms. The molecule has 0 aliphatic carbocycles. The highest BCUT2D eigenvalue weighted by molar-refractivity contribution is 5.87. The van der Waals surface area contributed by atoms with Gasteiger partial charge in [-0.3, -0.25) is 9.59 Å². The van der Waals surface area contributed by atoms with Gasteiger partial charge in [0.1, 0.15) is 0 Å². The van der Waals surface area contributed by atoms with Crippen molar-refractivity contribution in [1.29, 1.82) is 0 Å². The maximum Gasteiger partial charge on any atom is 0.239 e. The van der Waals surface area contributed by atoms with E-state index in [0.717, 1.165) is 19.4 Å². The molecular formula is C12H23N3O2. The molecule has 98 valence electrons. The van der Waals surface area contributed by atoms with E-state index >= 15 is 0 Å². The van der Waals surface area contributed by atoms with Crippen LogP contribution < -0.4 is 16.0 Å². The summed E-state index contributed by atoms with van der Waals surface area (Å²) in [6, 6.07) is 0.103. The molecule has 1 unspecified atom stereocenters. The molecule has 5 heteroatoms. The molecule has 0 aromatic rings. The molecule has 1 heterocycles. The number of hydrogen-bond acceptors (Lipinski definition) is 3. The average Bonchev–Trinajstić information content (AvgIpc) is 2.26. The van der Waals surface area contributed by atoms with E-state index in [4.69, 9.17) is 0 Å². The van der Waals surface area contributed by atoms with Crippen LogP contribution in [0.15, 0.2) is 0 Å². The first-order chi connectivity index (χ1) is 7.94. The standard InChI is InChI=1S/C12H23N3O2/c1-9(2)15-10(16)7-14-11(17)12(3)5-4-6-13-8-12/h9,13H,4-8H2,1-3H3,(H,14,17)(H,15,16). The van der Waals surface area contributed by atoms with Crippen LogP contribution in [0.4, 0.5) is 0 Å². The van der Waals surface area contributed by atoms with Crippen molar-refractivity contribution in [2.75, 3.05) is 19.6 Å². The fraction of sp³-hybridized carbons (Fsp3) is 0.833. The van der Waals surface area contributed by atoms with Crippen LogP contribution in [0.1, 0.15) is 33.6 Å². The second kappa shape index (κ2) is 6.00. The third kappa shape index (κ3) is 4.34. The van der Waals surface area contributed by atoms with E-state index in [1.807, 2.05) is 20.8 Å². The van der Waals surface area contributed by atoms with Crippen LogP contribution in [0.2, 0.25) is 0 Å². The summed E-state index contributed by atoms with van der Waals surface area (Å²) in [4.78, 5) is 23.4. The van der Waals surface area contributed by atoms with Crippen molar-refractivity contribution in [3.63, 3.8) is 0 Å². The van der Waals surface area contributed by atoms with Gasteiger partial charge in [-0.05, 0) is 40.2 Å². The van der Waals surface area contributed by atoms with Crippen molar-refractivity contribution in [3.8, 4) is 0 Å². The van der Waals surface area contributed by atoms with Crippen molar-refractivity contribution >= 4 is 11.8 Å². The fourth-order valence-corrected chi connectivity index (χ4v) is 2.00. The first-order valence-electron chi connectivity index (χ1n) is 6.22. The predicted molar refractivity (Wildman–Crippen MR) is 66.5 cm³/mol.